The molecule has 0 spiro atoms. The van der Waals surface area contributed by atoms with Gasteiger partial charge in [-0.15, -0.1) is 0 Å². The zero-order chi connectivity index (χ0) is 14.3. The number of halogens is 3. The minimum atomic E-state index is -0.0999. The number of rotatable bonds is 1. The summed E-state index contributed by atoms with van der Waals surface area (Å²) in [6.45, 7) is 2.63. The van der Waals surface area contributed by atoms with Gasteiger partial charge in [0.05, 0.1) is 22.3 Å². The van der Waals surface area contributed by atoms with Gasteiger partial charge in [0.15, 0.2) is 0 Å². The first-order chi connectivity index (χ1) is 9.54. The number of benzene rings is 2. The first-order valence-electron chi connectivity index (χ1n) is 6.20. The molecule has 104 valence electrons. The number of fused-ring (bicyclic) bond motifs is 1. The molecular weight excluding hydrogens is 317 g/mol. The van der Waals surface area contributed by atoms with Crippen LogP contribution in [0.3, 0.4) is 0 Å². The molecule has 0 aromatic heterocycles. The standard InChI is InChI=1S/C15H12Cl3NO/c1-8-4-10(16)6-13-15(8)20-14(7-19-13)9-2-3-11(17)12(18)5-9/h2-6,14,19H,7H2,1H3. The van der Waals surface area contributed by atoms with Crippen molar-refractivity contribution < 1.29 is 4.74 Å². The van der Waals surface area contributed by atoms with Gasteiger partial charge in [0.25, 0.3) is 0 Å². The van der Waals surface area contributed by atoms with Crippen LogP contribution in [0.2, 0.25) is 15.1 Å². The van der Waals surface area contributed by atoms with Crippen LogP contribution in [0, 0.1) is 6.92 Å². The van der Waals surface area contributed by atoms with Gasteiger partial charge in [0, 0.05) is 5.02 Å². The molecule has 20 heavy (non-hydrogen) atoms. The molecule has 1 unspecified atom stereocenters. The van der Waals surface area contributed by atoms with E-state index in [1.54, 1.807) is 6.07 Å². The van der Waals surface area contributed by atoms with Crippen LogP contribution in [0.15, 0.2) is 30.3 Å². The van der Waals surface area contributed by atoms with E-state index in [9.17, 15) is 0 Å². The Bertz CT molecular complexity index is 672. The third kappa shape index (κ3) is 2.56. The van der Waals surface area contributed by atoms with E-state index >= 15 is 0 Å². The van der Waals surface area contributed by atoms with E-state index in [1.807, 2.05) is 31.2 Å². The van der Waals surface area contributed by atoms with Gasteiger partial charge in [0.2, 0.25) is 0 Å². The molecule has 0 saturated carbocycles. The minimum Gasteiger partial charge on any atom is -0.481 e. The molecule has 0 saturated heterocycles. The average molecular weight is 329 g/mol. The van der Waals surface area contributed by atoms with Gasteiger partial charge in [0.1, 0.15) is 11.9 Å². The second-order valence-corrected chi connectivity index (χ2v) is 6.01. The van der Waals surface area contributed by atoms with Crippen LogP contribution in [0.25, 0.3) is 0 Å². The van der Waals surface area contributed by atoms with Gasteiger partial charge in [-0.1, -0.05) is 40.9 Å². The molecule has 1 aliphatic heterocycles. The lowest BCUT2D eigenvalue weighted by molar-refractivity contribution is 0.209. The van der Waals surface area contributed by atoms with E-state index in [4.69, 9.17) is 39.5 Å². The molecule has 0 radical (unpaired) electrons. The SMILES string of the molecule is Cc1cc(Cl)cc2c1OC(c1ccc(Cl)c(Cl)c1)CN2. The predicted molar refractivity (Wildman–Crippen MR) is 84.5 cm³/mol. The molecule has 1 N–H and O–H groups in total. The van der Waals surface area contributed by atoms with Crippen LogP contribution in [-0.2, 0) is 0 Å². The second kappa shape index (κ2) is 5.36. The zero-order valence-corrected chi connectivity index (χ0v) is 13.0. The maximum atomic E-state index is 6.08. The van der Waals surface area contributed by atoms with E-state index in [2.05, 4.69) is 5.32 Å². The van der Waals surface area contributed by atoms with Gasteiger partial charge < -0.3 is 10.1 Å². The highest BCUT2D eigenvalue weighted by atomic mass is 35.5. The maximum absolute atomic E-state index is 6.08. The molecule has 2 aromatic rings. The average Bonchev–Trinajstić information content (AvgIpc) is 2.41. The van der Waals surface area contributed by atoms with Crippen LogP contribution in [0.1, 0.15) is 17.2 Å². The van der Waals surface area contributed by atoms with E-state index in [1.165, 1.54) is 0 Å². The van der Waals surface area contributed by atoms with Crippen molar-refractivity contribution in [3.05, 3.63) is 56.5 Å². The topological polar surface area (TPSA) is 21.3 Å². The van der Waals surface area contributed by atoms with E-state index in [0.717, 1.165) is 22.6 Å². The summed E-state index contributed by atoms with van der Waals surface area (Å²) in [6.07, 6.45) is -0.0999. The molecule has 3 rings (SSSR count). The summed E-state index contributed by atoms with van der Waals surface area (Å²) in [4.78, 5) is 0. The molecule has 0 bridgehead atoms. The molecule has 5 heteroatoms. The molecule has 0 amide bonds. The summed E-state index contributed by atoms with van der Waals surface area (Å²) in [7, 11) is 0. The molecule has 0 fully saturated rings. The number of ether oxygens (including phenoxy) is 1. The molecule has 1 heterocycles. The number of aryl methyl sites for hydroxylation is 1. The number of nitrogens with one attached hydrogen (secondary N) is 1. The first kappa shape index (κ1) is 13.9. The fourth-order valence-corrected chi connectivity index (χ4v) is 2.88. The van der Waals surface area contributed by atoms with Crippen molar-refractivity contribution in [1.29, 1.82) is 0 Å². The summed E-state index contributed by atoms with van der Waals surface area (Å²) in [6, 6.07) is 9.31. The van der Waals surface area contributed by atoms with Crippen LogP contribution in [0.5, 0.6) is 5.75 Å². The van der Waals surface area contributed by atoms with Gasteiger partial charge in [-0.3, -0.25) is 0 Å². The van der Waals surface area contributed by atoms with Crippen LogP contribution in [0.4, 0.5) is 5.69 Å². The monoisotopic (exact) mass is 327 g/mol. The van der Waals surface area contributed by atoms with Crippen LogP contribution >= 0.6 is 34.8 Å². The van der Waals surface area contributed by atoms with Gasteiger partial charge in [-0.25, -0.2) is 0 Å². The quantitative estimate of drug-likeness (QED) is 0.746. The predicted octanol–water partition coefficient (Wildman–Crippen LogP) is 5.50. The zero-order valence-electron chi connectivity index (χ0n) is 10.7. The molecule has 2 aromatic carbocycles. The number of anilines is 1. The Hall–Kier alpha value is -1.09. The number of hydrogen-bond acceptors (Lipinski definition) is 2. The van der Waals surface area contributed by atoms with Crippen LogP contribution < -0.4 is 10.1 Å². The lowest BCUT2D eigenvalue weighted by Gasteiger charge is -2.29. The van der Waals surface area contributed by atoms with Crippen molar-refractivity contribution >= 4 is 40.5 Å². The Balaban J connectivity index is 1.93. The molecule has 1 aliphatic rings. The van der Waals surface area contributed by atoms with Crippen molar-refractivity contribution in [3.8, 4) is 5.75 Å². The second-order valence-electron chi connectivity index (χ2n) is 4.76. The highest BCUT2D eigenvalue weighted by Gasteiger charge is 2.23. The van der Waals surface area contributed by atoms with Gasteiger partial charge in [-0.2, -0.15) is 0 Å². The highest BCUT2D eigenvalue weighted by Crippen LogP contribution is 2.39. The lowest BCUT2D eigenvalue weighted by Crippen LogP contribution is -2.24. The van der Waals surface area contributed by atoms with Crippen molar-refractivity contribution in [2.75, 3.05) is 11.9 Å². The Kier molecular flexibility index (Phi) is 3.72. The normalized spacial score (nSPS) is 17.1. The van der Waals surface area contributed by atoms with Crippen molar-refractivity contribution in [2.24, 2.45) is 0 Å². The Morgan fingerprint density at radius 2 is 1.90 bits per heavy atom. The van der Waals surface area contributed by atoms with Crippen molar-refractivity contribution in [3.63, 3.8) is 0 Å². The Morgan fingerprint density at radius 3 is 2.65 bits per heavy atom. The third-order valence-electron chi connectivity index (χ3n) is 3.29. The largest absolute Gasteiger partial charge is 0.481 e. The third-order valence-corrected chi connectivity index (χ3v) is 4.25. The Labute approximate surface area is 132 Å². The summed E-state index contributed by atoms with van der Waals surface area (Å²) < 4.78 is 6.08. The molecular formula is C15H12Cl3NO. The summed E-state index contributed by atoms with van der Waals surface area (Å²) in [5.74, 6) is 0.830. The van der Waals surface area contributed by atoms with E-state index in [-0.39, 0.29) is 6.10 Å². The summed E-state index contributed by atoms with van der Waals surface area (Å²) in [5, 5.41) is 5.12. The highest BCUT2D eigenvalue weighted by molar-refractivity contribution is 6.42. The summed E-state index contributed by atoms with van der Waals surface area (Å²) in [5.41, 5.74) is 2.92. The summed E-state index contributed by atoms with van der Waals surface area (Å²) >= 11 is 18.0. The van der Waals surface area contributed by atoms with Crippen LogP contribution in [-0.4, -0.2) is 6.54 Å². The smallest absolute Gasteiger partial charge is 0.146 e. The molecule has 0 aliphatic carbocycles. The lowest BCUT2D eigenvalue weighted by atomic mass is 10.1. The van der Waals surface area contributed by atoms with Crippen molar-refractivity contribution in [1.82, 2.24) is 0 Å². The fraction of sp³-hybridized carbons (Fsp3) is 0.200. The minimum absolute atomic E-state index is 0.0999. The molecule has 1 atom stereocenters. The fourth-order valence-electron chi connectivity index (χ4n) is 2.30. The first-order valence-corrected chi connectivity index (χ1v) is 7.33. The Morgan fingerprint density at radius 1 is 1.10 bits per heavy atom. The number of hydrogen-bond donors (Lipinski definition) is 1. The van der Waals surface area contributed by atoms with E-state index in [0.29, 0.717) is 21.6 Å². The van der Waals surface area contributed by atoms with E-state index < -0.39 is 0 Å². The van der Waals surface area contributed by atoms with Gasteiger partial charge >= 0.3 is 0 Å². The van der Waals surface area contributed by atoms with Crippen molar-refractivity contribution in [2.45, 2.75) is 13.0 Å². The molecule has 2 nitrogen and oxygen atoms in total. The van der Waals surface area contributed by atoms with Gasteiger partial charge in [-0.05, 0) is 42.3 Å². The maximum Gasteiger partial charge on any atom is 0.146 e.